The molecule has 0 heterocycles. The van der Waals surface area contributed by atoms with Crippen molar-refractivity contribution in [3.8, 4) is 0 Å². The second kappa shape index (κ2) is 12.6. The molecule has 2 nitrogen and oxygen atoms in total. The molecule has 0 unspecified atom stereocenters. The van der Waals surface area contributed by atoms with Crippen LogP contribution in [0, 0.1) is 23.7 Å². The van der Waals surface area contributed by atoms with Gasteiger partial charge >= 0.3 is 5.97 Å². The maximum absolute atomic E-state index is 10.4. The van der Waals surface area contributed by atoms with Crippen LogP contribution in [0.5, 0.6) is 0 Å². The zero-order valence-corrected chi connectivity index (χ0v) is 17.1. The van der Waals surface area contributed by atoms with Crippen molar-refractivity contribution in [3.63, 3.8) is 0 Å². The monoisotopic (exact) mass is 362 g/mol. The highest BCUT2D eigenvalue weighted by atomic mass is 16.4. The van der Waals surface area contributed by atoms with Gasteiger partial charge in [0.2, 0.25) is 0 Å². The third-order valence-corrected chi connectivity index (χ3v) is 7.11. The minimum Gasteiger partial charge on any atom is -0.478 e. The number of carboxylic acid groups (broad SMARTS) is 1. The normalized spacial score (nSPS) is 29.9. The highest BCUT2D eigenvalue weighted by Crippen LogP contribution is 2.38. The lowest BCUT2D eigenvalue weighted by Crippen LogP contribution is -2.18. The van der Waals surface area contributed by atoms with E-state index in [2.05, 4.69) is 6.92 Å². The molecule has 0 saturated heterocycles. The van der Waals surface area contributed by atoms with Crippen LogP contribution in [0.2, 0.25) is 0 Å². The Hall–Kier alpha value is -0.790. The molecule has 0 spiro atoms. The van der Waals surface area contributed by atoms with Gasteiger partial charge in [-0.25, -0.2) is 4.79 Å². The molecule has 2 fully saturated rings. The summed E-state index contributed by atoms with van der Waals surface area (Å²) in [5.74, 6) is 3.22. The van der Waals surface area contributed by atoms with Crippen molar-refractivity contribution in [2.75, 3.05) is 0 Å². The summed E-state index contributed by atoms with van der Waals surface area (Å²) in [6, 6.07) is 0. The minimum absolute atomic E-state index is 0.822. The van der Waals surface area contributed by atoms with Crippen molar-refractivity contribution < 1.29 is 9.90 Å². The minimum atomic E-state index is -0.822. The highest BCUT2D eigenvalue weighted by Gasteiger charge is 2.24. The SMILES string of the molecule is CCCC1CCC(CCC2CCC(CCCC/C=C/C(=O)O)CC2)CC1. The Labute approximate surface area is 161 Å². The molecule has 0 bridgehead atoms. The van der Waals surface area contributed by atoms with E-state index in [1.807, 2.05) is 0 Å². The lowest BCUT2D eigenvalue weighted by Gasteiger charge is -2.32. The number of aliphatic carboxylic acids is 1. The van der Waals surface area contributed by atoms with Crippen LogP contribution in [-0.4, -0.2) is 11.1 Å². The van der Waals surface area contributed by atoms with Crippen LogP contribution in [0.15, 0.2) is 12.2 Å². The zero-order chi connectivity index (χ0) is 18.6. The van der Waals surface area contributed by atoms with Crippen LogP contribution in [0.4, 0.5) is 0 Å². The summed E-state index contributed by atoms with van der Waals surface area (Å²) in [5.41, 5.74) is 0. The first-order chi connectivity index (χ1) is 12.7. The van der Waals surface area contributed by atoms with Gasteiger partial charge in [0.05, 0.1) is 0 Å². The molecule has 26 heavy (non-hydrogen) atoms. The molecule has 0 aliphatic heterocycles. The van der Waals surface area contributed by atoms with Gasteiger partial charge in [-0.2, -0.15) is 0 Å². The number of unbranched alkanes of at least 4 members (excludes halogenated alkanes) is 2. The van der Waals surface area contributed by atoms with Crippen LogP contribution < -0.4 is 0 Å². The summed E-state index contributed by atoms with van der Waals surface area (Å²) >= 11 is 0. The molecular formula is C24H42O2. The third kappa shape index (κ3) is 8.73. The van der Waals surface area contributed by atoms with E-state index in [1.54, 1.807) is 6.08 Å². The van der Waals surface area contributed by atoms with Crippen molar-refractivity contribution >= 4 is 5.97 Å². The maximum Gasteiger partial charge on any atom is 0.327 e. The first-order valence-electron chi connectivity index (χ1n) is 11.6. The second-order valence-corrected chi connectivity index (χ2v) is 9.16. The molecule has 150 valence electrons. The Balaban J connectivity index is 1.48. The molecule has 0 aromatic carbocycles. The Morgan fingerprint density at radius 3 is 1.69 bits per heavy atom. The average molecular weight is 363 g/mol. The van der Waals surface area contributed by atoms with E-state index in [4.69, 9.17) is 5.11 Å². The van der Waals surface area contributed by atoms with E-state index in [0.29, 0.717) is 0 Å². The molecular weight excluding hydrogens is 320 g/mol. The van der Waals surface area contributed by atoms with E-state index in [-0.39, 0.29) is 0 Å². The Bertz CT molecular complexity index is 398. The Kier molecular flexibility index (Phi) is 10.4. The molecule has 0 aromatic rings. The summed E-state index contributed by atoms with van der Waals surface area (Å²) in [6.45, 7) is 2.33. The van der Waals surface area contributed by atoms with Gasteiger partial charge in [0.1, 0.15) is 0 Å². The van der Waals surface area contributed by atoms with Gasteiger partial charge in [-0.3, -0.25) is 0 Å². The largest absolute Gasteiger partial charge is 0.478 e. The molecule has 2 aliphatic carbocycles. The van der Waals surface area contributed by atoms with Crippen molar-refractivity contribution in [1.29, 1.82) is 0 Å². The number of carbonyl (C=O) groups is 1. The Morgan fingerprint density at radius 1 is 0.769 bits per heavy atom. The quantitative estimate of drug-likeness (QED) is 0.307. The lowest BCUT2D eigenvalue weighted by atomic mass is 9.74. The third-order valence-electron chi connectivity index (χ3n) is 7.11. The van der Waals surface area contributed by atoms with Crippen molar-refractivity contribution in [1.82, 2.24) is 0 Å². The molecule has 2 rings (SSSR count). The predicted molar refractivity (Wildman–Crippen MR) is 110 cm³/mol. The van der Waals surface area contributed by atoms with Crippen LogP contribution in [0.3, 0.4) is 0 Å². The summed E-state index contributed by atoms with van der Waals surface area (Å²) < 4.78 is 0. The van der Waals surface area contributed by atoms with Gasteiger partial charge in [0.25, 0.3) is 0 Å². The molecule has 2 heteroatoms. The predicted octanol–water partition coefficient (Wildman–Crippen LogP) is 7.38. The fraction of sp³-hybridized carbons (Fsp3) is 0.875. The first-order valence-corrected chi connectivity index (χ1v) is 11.6. The fourth-order valence-electron chi connectivity index (χ4n) is 5.38. The Morgan fingerprint density at radius 2 is 1.23 bits per heavy atom. The number of rotatable bonds is 11. The number of hydrogen-bond donors (Lipinski definition) is 1. The molecule has 2 saturated carbocycles. The second-order valence-electron chi connectivity index (χ2n) is 9.16. The van der Waals surface area contributed by atoms with Gasteiger partial charge < -0.3 is 5.11 Å². The van der Waals surface area contributed by atoms with Crippen LogP contribution >= 0.6 is 0 Å². The number of hydrogen-bond acceptors (Lipinski definition) is 1. The van der Waals surface area contributed by atoms with Crippen LogP contribution in [-0.2, 0) is 4.79 Å². The molecule has 0 atom stereocenters. The molecule has 0 amide bonds. The first kappa shape index (κ1) is 21.5. The van der Waals surface area contributed by atoms with Crippen molar-refractivity contribution in [3.05, 3.63) is 12.2 Å². The van der Waals surface area contributed by atoms with Gasteiger partial charge in [0, 0.05) is 6.08 Å². The van der Waals surface area contributed by atoms with Crippen molar-refractivity contribution in [2.24, 2.45) is 23.7 Å². The van der Waals surface area contributed by atoms with E-state index in [0.717, 1.165) is 36.5 Å². The number of allylic oxidation sites excluding steroid dienone is 1. The van der Waals surface area contributed by atoms with E-state index in [9.17, 15) is 4.79 Å². The van der Waals surface area contributed by atoms with Gasteiger partial charge in [-0.05, 0) is 36.5 Å². The summed E-state index contributed by atoms with van der Waals surface area (Å²) in [6.07, 6.45) is 25.5. The van der Waals surface area contributed by atoms with Crippen LogP contribution in [0.1, 0.15) is 110 Å². The van der Waals surface area contributed by atoms with E-state index >= 15 is 0 Å². The summed E-state index contributed by atoms with van der Waals surface area (Å²) in [5, 5.41) is 8.57. The smallest absolute Gasteiger partial charge is 0.327 e. The van der Waals surface area contributed by atoms with Crippen LogP contribution in [0.25, 0.3) is 0 Å². The zero-order valence-electron chi connectivity index (χ0n) is 17.1. The molecule has 2 aliphatic rings. The lowest BCUT2D eigenvalue weighted by molar-refractivity contribution is -0.131. The molecule has 0 aromatic heterocycles. The van der Waals surface area contributed by atoms with E-state index in [1.165, 1.54) is 96.0 Å². The maximum atomic E-state index is 10.4. The molecule has 1 N–H and O–H groups in total. The van der Waals surface area contributed by atoms with E-state index < -0.39 is 5.97 Å². The van der Waals surface area contributed by atoms with Gasteiger partial charge in [0.15, 0.2) is 0 Å². The number of carboxylic acids is 1. The average Bonchev–Trinajstić information content (AvgIpc) is 2.65. The summed E-state index contributed by atoms with van der Waals surface area (Å²) in [4.78, 5) is 10.4. The van der Waals surface area contributed by atoms with Gasteiger partial charge in [-0.1, -0.05) is 103 Å². The standard InChI is InChI=1S/C24H42O2/c1-2-7-20-10-14-22(15-11-20)18-19-23-16-12-21(13-17-23)8-5-3-4-6-9-24(25)26/h6,9,20-23H,2-5,7-8,10-19H2,1H3,(H,25,26)/b9-6+. The fourth-order valence-corrected chi connectivity index (χ4v) is 5.38. The van der Waals surface area contributed by atoms with Crippen molar-refractivity contribution in [2.45, 2.75) is 110 Å². The topological polar surface area (TPSA) is 37.3 Å². The highest BCUT2D eigenvalue weighted by molar-refractivity contribution is 5.79. The molecule has 0 radical (unpaired) electrons. The van der Waals surface area contributed by atoms with Gasteiger partial charge in [-0.15, -0.1) is 0 Å². The summed E-state index contributed by atoms with van der Waals surface area (Å²) in [7, 11) is 0.